The molecule has 5 rings (SSSR count). The molecular formula is C20H32ClIN6. The van der Waals surface area contributed by atoms with Crippen LogP contribution in [-0.2, 0) is 6.54 Å². The largest absolute Gasteiger partial charge is 0.355 e. The molecule has 0 spiro atoms. The molecule has 4 fully saturated rings. The summed E-state index contributed by atoms with van der Waals surface area (Å²) in [5.74, 6) is 1.05. The number of nitrogens with zero attached hydrogens (tertiary/aromatic N) is 5. The van der Waals surface area contributed by atoms with E-state index < -0.39 is 0 Å². The van der Waals surface area contributed by atoms with Gasteiger partial charge in [-0.25, -0.2) is 0 Å². The molecule has 28 heavy (non-hydrogen) atoms. The Balaban J connectivity index is 0.00000225. The van der Waals surface area contributed by atoms with E-state index in [0.717, 1.165) is 50.3 Å². The average Bonchev–Trinajstić information content (AvgIpc) is 2.70. The summed E-state index contributed by atoms with van der Waals surface area (Å²) in [5.41, 5.74) is 1.29. The Bertz CT molecular complexity index is 656. The van der Waals surface area contributed by atoms with Crippen molar-refractivity contribution in [2.24, 2.45) is 4.99 Å². The smallest absolute Gasteiger partial charge is 0.193 e. The van der Waals surface area contributed by atoms with Gasteiger partial charge in [-0.3, -0.25) is 19.7 Å². The molecule has 0 saturated carbocycles. The van der Waals surface area contributed by atoms with Crippen molar-refractivity contribution >= 4 is 41.5 Å². The fraction of sp³-hybridized carbons (Fsp3) is 0.650. The summed E-state index contributed by atoms with van der Waals surface area (Å²) in [6.45, 7) is 12.2. The molecule has 1 N–H and O–H groups in total. The summed E-state index contributed by atoms with van der Waals surface area (Å²) in [7, 11) is 1.90. The topological polar surface area (TPSA) is 37.4 Å². The Morgan fingerprint density at radius 2 is 1.86 bits per heavy atom. The number of aliphatic imine (C=N–C) groups is 1. The van der Waals surface area contributed by atoms with Gasteiger partial charge >= 0.3 is 0 Å². The maximum atomic E-state index is 6.11. The lowest BCUT2D eigenvalue weighted by atomic mass is 10.1. The van der Waals surface area contributed by atoms with Gasteiger partial charge in [0, 0.05) is 90.1 Å². The second kappa shape index (κ2) is 10.4. The van der Waals surface area contributed by atoms with Crippen molar-refractivity contribution in [3.8, 4) is 0 Å². The number of hydrogen-bond acceptors (Lipinski definition) is 4. The van der Waals surface area contributed by atoms with Crippen molar-refractivity contribution in [2.45, 2.75) is 12.6 Å². The van der Waals surface area contributed by atoms with Gasteiger partial charge in [0.25, 0.3) is 0 Å². The van der Waals surface area contributed by atoms with Gasteiger partial charge in [-0.05, 0) is 17.7 Å². The lowest BCUT2D eigenvalue weighted by molar-refractivity contribution is 0.0151. The summed E-state index contributed by atoms with van der Waals surface area (Å²) >= 11 is 6.11. The van der Waals surface area contributed by atoms with Crippen LogP contribution in [0.4, 0.5) is 0 Å². The second-order valence-corrected chi connectivity index (χ2v) is 8.25. The Morgan fingerprint density at radius 1 is 1.11 bits per heavy atom. The number of halogens is 2. The molecule has 2 bridgehead atoms. The lowest BCUT2D eigenvalue weighted by Crippen LogP contribution is -2.64. The van der Waals surface area contributed by atoms with E-state index in [1.165, 1.54) is 38.3 Å². The highest BCUT2D eigenvalue weighted by molar-refractivity contribution is 14.0. The van der Waals surface area contributed by atoms with Crippen molar-refractivity contribution in [3.63, 3.8) is 0 Å². The van der Waals surface area contributed by atoms with E-state index in [-0.39, 0.29) is 24.0 Å². The molecule has 156 valence electrons. The third-order valence-electron chi connectivity index (χ3n) is 6.07. The molecular weight excluding hydrogens is 487 g/mol. The molecule has 1 unspecified atom stereocenters. The molecule has 1 atom stereocenters. The van der Waals surface area contributed by atoms with Gasteiger partial charge in [0.05, 0.1) is 0 Å². The number of benzene rings is 1. The number of piperazine rings is 4. The zero-order chi connectivity index (χ0) is 18.6. The number of nitrogens with one attached hydrogen (secondary N) is 1. The molecule has 8 heteroatoms. The lowest BCUT2D eigenvalue weighted by Gasteiger charge is -2.47. The Hall–Kier alpha value is -0.610. The van der Waals surface area contributed by atoms with Crippen LogP contribution in [0.3, 0.4) is 0 Å². The summed E-state index contributed by atoms with van der Waals surface area (Å²) in [6, 6.07) is 8.81. The minimum Gasteiger partial charge on any atom is -0.355 e. The highest BCUT2D eigenvalue weighted by Crippen LogP contribution is 2.16. The minimum absolute atomic E-state index is 0. The van der Waals surface area contributed by atoms with Gasteiger partial charge in [0.2, 0.25) is 0 Å². The second-order valence-electron chi connectivity index (χ2n) is 7.81. The first kappa shape index (κ1) is 22.1. The molecule has 0 amide bonds. The van der Waals surface area contributed by atoms with Crippen molar-refractivity contribution < 1.29 is 0 Å². The van der Waals surface area contributed by atoms with Crippen LogP contribution in [0.25, 0.3) is 0 Å². The highest BCUT2D eigenvalue weighted by Gasteiger charge is 2.32. The first-order valence-corrected chi connectivity index (χ1v) is 10.5. The maximum Gasteiger partial charge on any atom is 0.193 e. The number of rotatable bonds is 4. The molecule has 4 aliphatic heterocycles. The predicted octanol–water partition coefficient (Wildman–Crippen LogP) is 1.65. The molecule has 4 heterocycles. The fourth-order valence-electron chi connectivity index (χ4n) is 4.47. The zero-order valence-electron chi connectivity index (χ0n) is 16.7. The highest BCUT2D eigenvalue weighted by atomic mass is 127. The minimum atomic E-state index is 0. The first-order valence-electron chi connectivity index (χ1n) is 10.1. The van der Waals surface area contributed by atoms with Crippen molar-refractivity contribution in [1.29, 1.82) is 0 Å². The fourth-order valence-corrected chi connectivity index (χ4v) is 4.68. The Morgan fingerprint density at radius 3 is 2.46 bits per heavy atom. The summed E-state index contributed by atoms with van der Waals surface area (Å²) in [6.07, 6.45) is 0. The van der Waals surface area contributed by atoms with Crippen LogP contribution in [0.2, 0.25) is 5.02 Å². The number of hydrogen-bond donors (Lipinski definition) is 1. The van der Waals surface area contributed by atoms with E-state index in [9.17, 15) is 0 Å². The van der Waals surface area contributed by atoms with E-state index in [0.29, 0.717) is 6.04 Å². The third kappa shape index (κ3) is 5.50. The SMILES string of the molecule is CN=C(NCC1CN2CCN1CC2)N1CCN(Cc2cccc(Cl)c2)CC1.I. The van der Waals surface area contributed by atoms with Gasteiger partial charge in [-0.2, -0.15) is 0 Å². The van der Waals surface area contributed by atoms with Gasteiger partial charge in [0.15, 0.2) is 5.96 Å². The number of guanidine groups is 1. The van der Waals surface area contributed by atoms with Crippen LogP contribution in [-0.4, -0.2) is 104 Å². The van der Waals surface area contributed by atoms with Crippen LogP contribution in [0.1, 0.15) is 5.56 Å². The molecule has 4 aliphatic rings. The Kier molecular flexibility index (Phi) is 8.22. The van der Waals surface area contributed by atoms with E-state index in [2.05, 4.69) is 42.0 Å². The third-order valence-corrected chi connectivity index (χ3v) is 6.30. The molecule has 0 aromatic heterocycles. The van der Waals surface area contributed by atoms with Gasteiger partial charge in [0.1, 0.15) is 0 Å². The quantitative estimate of drug-likeness (QED) is 0.373. The standard InChI is InChI=1S/C20H31ClN6.HI/c1-22-20(23-14-19-16-25-5-9-26(19)10-6-25)27-11-7-24(8-12-27)15-17-3-2-4-18(21)13-17;/h2-4,13,19H,5-12,14-16H2,1H3,(H,22,23);1H. The van der Waals surface area contributed by atoms with Gasteiger partial charge in [-0.1, -0.05) is 23.7 Å². The predicted molar refractivity (Wildman–Crippen MR) is 127 cm³/mol. The van der Waals surface area contributed by atoms with E-state index in [1.54, 1.807) is 0 Å². The summed E-state index contributed by atoms with van der Waals surface area (Å²) in [4.78, 5) is 14.6. The van der Waals surface area contributed by atoms with E-state index >= 15 is 0 Å². The van der Waals surface area contributed by atoms with Gasteiger partial charge in [-0.15, -0.1) is 24.0 Å². The van der Waals surface area contributed by atoms with E-state index in [4.69, 9.17) is 11.6 Å². The summed E-state index contributed by atoms with van der Waals surface area (Å²) in [5, 5.41) is 4.46. The number of fused-ring (bicyclic) bond motifs is 3. The molecule has 1 aromatic rings. The first-order chi connectivity index (χ1) is 13.2. The van der Waals surface area contributed by atoms with Gasteiger partial charge < -0.3 is 10.2 Å². The van der Waals surface area contributed by atoms with Crippen LogP contribution in [0, 0.1) is 0 Å². The van der Waals surface area contributed by atoms with Crippen molar-refractivity contribution in [3.05, 3.63) is 34.9 Å². The molecule has 0 radical (unpaired) electrons. The zero-order valence-corrected chi connectivity index (χ0v) is 19.8. The molecule has 0 aliphatic carbocycles. The van der Waals surface area contributed by atoms with Crippen LogP contribution < -0.4 is 5.32 Å². The molecule has 4 saturated heterocycles. The maximum absolute atomic E-state index is 6.11. The van der Waals surface area contributed by atoms with Crippen LogP contribution in [0.5, 0.6) is 0 Å². The molecule has 6 nitrogen and oxygen atoms in total. The Labute approximate surface area is 190 Å². The normalized spacial score (nSPS) is 28.1. The van der Waals surface area contributed by atoms with Crippen molar-refractivity contribution in [1.82, 2.24) is 24.9 Å². The monoisotopic (exact) mass is 518 g/mol. The van der Waals surface area contributed by atoms with E-state index in [1.807, 2.05) is 19.2 Å². The van der Waals surface area contributed by atoms with Crippen LogP contribution >= 0.6 is 35.6 Å². The summed E-state index contributed by atoms with van der Waals surface area (Å²) < 4.78 is 0. The molecule has 1 aromatic carbocycles. The van der Waals surface area contributed by atoms with Crippen LogP contribution in [0.15, 0.2) is 29.3 Å². The van der Waals surface area contributed by atoms with Crippen molar-refractivity contribution in [2.75, 3.05) is 72.5 Å². The average molecular weight is 519 g/mol.